The Bertz CT molecular complexity index is 501. The van der Waals surface area contributed by atoms with E-state index in [-0.39, 0.29) is 0 Å². The molecule has 0 rings (SSSR count). The van der Waals surface area contributed by atoms with Gasteiger partial charge in [0.2, 0.25) is 0 Å². The Morgan fingerprint density at radius 3 is 0.614 bits per heavy atom. The van der Waals surface area contributed by atoms with E-state index in [4.69, 9.17) is 13.3 Å². The van der Waals surface area contributed by atoms with E-state index >= 15 is 0 Å². The van der Waals surface area contributed by atoms with E-state index in [0.717, 1.165) is 8.97 Å². The minimum atomic E-state index is -3.11. The van der Waals surface area contributed by atoms with Crippen molar-refractivity contribution in [2.45, 2.75) is 194 Å². The first-order valence-electron chi connectivity index (χ1n) is 19.2. The van der Waals surface area contributed by atoms with Gasteiger partial charge in [0.05, 0.1) is 55.4 Å². The molecule has 270 valence electrons. The van der Waals surface area contributed by atoms with E-state index in [1.807, 2.05) is 0 Å². The number of rotatable bonds is 30. The van der Waals surface area contributed by atoms with Crippen molar-refractivity contribution in [3.05, 3.63) is 0 Å². The number of quaternary nitrogens is 2. The van der Waals surface area contributed by atoms with Crippen LogP contribution in [0.4, 0.5) is 0 Å². The van der Waals surface area contributed by atoms with Crippen LogP contribution in [-0.2, 0) is 11.4 Å². The fourth-order valence-corrected chi connectivity index (χ4v) is 5.56. The zero-order valence-electron chi connectivity index (χ0n) is 31.7. The van der Waals surface area contributed by atoms with Crippen LogP contribution in [0.25, 0.3) is 0 Å². The fraction of sp³-hybridized carbons (Fsp3) is 1.00. The summed E-state index contributed by atoms with van der Waals surface area (Å²) >= 11 is -3.11. The van der Waals surface area contributed by atoms with E-state index in [2.05, 4.69) is 56.1 Å². The van der Waals surface area contributed by atoms with Crippen molar-refractivity contribution in [3.63, 3.8) is 0 Å². The average molecular weight is 649 g/mol. The predicted molar refractivity (Wildman–Crippen MR) is 196 cm³/mol. The maximum atomic E-state index is 8.44. The lowest BCUT2D eigenvalue weighted by atomic mass is 10.0. The molecule has 0 aliphatic rings. The van der Waals surface area contributed by atoms with Crippen LogP contribution in [0.1, 0.15) is 194 Å². The molecule has 0 heterocycles. The maximum absolute atomic E-state index is 8.44. The highest BCUT2D eigenvalue weighted by Crippen LogP contribution is 2.14. The second-order valence-electron chi connectivity index (χ2n) is 15.4. The summed E-state index contributed by atoms with van der Waals surface area (Å²) in [5, 5.41) is 0. The molecule has 0 aliphatic heterocycles. The lowest BCUT2D eigenvalue weighted by molar-refractivity contribution is -0.870. The van der Waals surface area contributed by atoms with Gasteiger partial charge in [-0.3, -0.25) is 4.21 Å². The van der Waals surface area contributed by atoms with Crippen LogP contribution in [0.2, 0.25) is 0 Å². The van der Waals surface area contributed by atoms with Crippen LogP contribution in [0, 0.1) is 0 Å². The summed E-state index contributed by atoms with van der Waals surface area (Å²) in [5.41, 5.74) is 0. The van der Waals surface area contributed by atoms with Gasteiger partial charge in [-0.15, -0.1) is 11.4 Å². The van der Waals surface area contributed by atoms with Gasteiger partial charge in [-0.05, 0) is 25.7 Å². The molecule has 0 saturated carbocycles. The monoisotopic (exact) mass is 649 g/mol. The average Bonchev–Trinajstić information content (AvgIpc) is 2.92. The van der Waals surface area contributed by atoms with Crippen LogP contribution < -0.4 is 0 Å². The molecule has 0 aromatic heterocycles. The third kappa shape index (κ3) is 61.1. The molecule has 0 aliphatic carbocycles. The Labute approximate surface area is 282 Å². The van der Waals surface area contributed by atoms with Crippen molar-refractivity contribution in [2.24, 2.45) is 0 Å². The van der Waals surface area contributed by atoms with Gasteiger partial charge in [-0.25, -0.2) is 0 Å². The van der Waals surface area contributed by atoms with Crippen LogP contribution in [0.5, 0.6) is 0 Å². The Balaban J connectivity index is -0.000000680. The van der Waals surface area contributed by atoms with Gasteiger partial charge in [0.1, 0.15) is 0 Å². The zero-order valence-corrected chi connectivity index (χ0v) is 32.6. The summed E-state index contributed by atoms with van der Waals surface area (Å²) in [6.07, 6.45) is 40.7. The molecule has 0 saturated heterocycles. The third-order valence-electron chi connectivity index (χ3n) is 8.36. The molecule has 0 N–H and O–H groups in total. The van der Waals surface area contributed by atoms with Gasteiger partial charge < -0.3 is 18.1 Å². The first-order chi connectivity index (χ1) is 20.9. The lowest BCUT2D eigenvalue weighted by Crippen LogP contribution is -2.35. The minimum Gasteiger partial charge on any atom is -0.784 e. The highest BCUT2D eigenvalue weighted by atomic mass is 32.2. The van der Waals surface area contributed by atoms with Gasteiger partial charge in [-0.2, -0.15) is 0 Å². The fourth-order valence-electron chi connectivity index (χ4n) is 5.56. The van der Waals surface area contributed by atoms with Crippen molar-refractivity contribution < 1.29 is 22.3 Å². The van der Waals surface area contributed by atoms with E-state index in [1.54, 1.807) is 0 Å². The van der Waals surface area contributed by atoms with Gasteiger partial charge >= 0.3 is 0 Å². The molecular formula is C38H84N2O3S. The van der Waals surface area contributed by atoms with Crippen molar-refractivity contribution in [1.82, 2.24) is 0 Å². The second-order valence-corrected chi connectivity index (χ2v) is 15.8. The normalized spacial score (nSPS) is 11.7. The van der Waals surface area contributed by atoms with Gasteiger partial charge in [0.15, 0.2) is 0 Å². The first kappa shape index (κ1) is 48.4. The molecule has 0 spiro atoms. The SMILES string of the molecule is CCCCCCCCCCCCCCCC[N+](C)(C)C.CCCCCCCCCCCCCCCC[N+](C)(C)C.O=S([O-])[O-]. The van der Waals surface area contributed by atoms with E-state index in [9.17, 15) is 0 Å². The molecule has 44 heavy (non-hydrogen) atoms. The predicted octanol–water partition coefficient (Wildman–Crippen LogP) is 11.3. The second kappa shape index (κ2) is 37.4. The highest BCUT2D eigenvalue weighted by Gasteiger charge is 2.06. The lowest BCUT2D eigenvalue weighted by Gasteiger charge is -2.23. The van der Waals surface area contributed by atoms with Gasteiger partial charge in [0.25, 0.3) is 0 Å². The molecule has 0 radical (unpaired) electrons. The van der Waals surface area contributed by atoms with Crippen molar-refractivity contribution in [3.8, 4) is 0 Å². The summed E-state index contributed by atoms with van der Waals surface area (Å²) in [5.74, 6) is 0. The molecule has 0 aromatic carbocycles. The largest absolute Gasteiger partial charge is 0.784 e. The summed E-state index contributed by atoms with van der Waals surface area (Å²) < 4.78 is 27.6. The maximum Gasteiger partial charge on any atom is 0.0780 e. The topological polar surface area (TPSA) is 63.2 Å². The molecule has 5 nitrogen and oxygen atoms in total. The molecule has 0 aromatic rings. The van der Waals surface area contributed by atoms with Crippen LogP contribution >= 0.6 is 0 Å². The number of nitrogens with zero attached hydrogens (tertiary/aromatic N) is 2. The molecule has 0 bridgehead atoms. The molecule has 0 atom stereocenters. The standard InChI is InChI=1S/2C19H42N.H2O3S/c2*1-5-6-7-8-9-10-11-12-13-14-15-16-17-18-19-20(2,3)4;1-4(2)3/h2*5-19H2,1-4H3;(H2,1,2,3)/q2*+1;/p-2. The third-order valence-corrected chi connectivity index (χ3v) is 8.36. The Hall–Kier alpha value is -0.0100. The van der Waals surface area contributed by atoms with Gasteiger partial charge in [0, 0.05) is 0 Å². The Morgan fingerprint density at radius 1 is 0.341 bits per heavy atom. The minimum absolute atomic E-state index is 1.12. The quantitative estimate of drug-likeness (QED) is 0.0442. The molecule has 0 amide bonds. The zero-order chi connectivity index (χ0) is 33.8. The number of unbranched alkanes of at least 4 members (excludes halogenated alkanes) is 26. The smallest absolute Gasteiger partial charge is 0.0780 e. The van der Waals surface area contributed by atoms with E-state index in [0.29, 0.717) is 0 Å². The van der Waals surface area contributed by atoms with Crippen LogP contribution in [-0.4, -0.2) is 77.7 Å². The summed E-state index contributed by atoms with van der Waals surface area (Å²) in [4.78, 5) is 0. The van der Waals surface area contributed by atoms with Crippen molar-refractivity contribution in [2.75, 3.05) is 55.4 Å². The molecular weight excluding hydrogens is 564 g/mol. The van der Waals surface area contributed by atoms with Gasteiger partial charge in [-0.1, -0.05) is 168 Å². The summed E-state index contributed by atoms with van der Waals surface area (Å²) in [7, 11) is 13.8. The van der Waals surface area contributed by atoms with Crippen LogP contribution in [0.3, 0.4) is 0 Å². The molecule has 6 heteroatoms. The number of hydrogen-bond donors (Lipinski definition) is 0. The van der Waals surface area contributed by atoms with Crippen LogP contribution in [0.15, 0.2) is 0 Å². The summed E-state index contributed by atoms with van der Waals surface area (Å²) in [6, 6.07) is 0. The van der Waals surface area contributed by atoms with Crippen molar-refractivity contribution in [1.29, 1.82) is 0 Å². The molecule has 0 unspecified atom stereocenters. The highest BCUT2D eigenvalue weighted by molar-refractivity contribution is 7.72. The Kier molecular flexibility index (Phi) is 41.2. The van der Waals surface area contributed by atoms with E-state index in [1.165, 1.54) is 193 Å². The van der Waals surface area contributed by atoms with E-state index < -0.39 is 11.4 Å². The number of hydrogen-bond acceptors (Lipinski definition) is 3. The first-order valence-corrected chi connectivity index (χ1v) is 20.2. The summed E-state index contributed by atoms with van der Waals surface area (Å²) in [6.45, 7) is 7.25. The molecule has 0 fully saturated rings. The Morgan fingerprint density at radius 2 is 0.477 bits per heavy atom. The van der Waals surface area contributed by atoms with Crippen molar-refractivity contribution >= 4 is 11.4 Å².